The largest absolute Gasteiger partial charge is 0.484 e. The van der Waals surface area contributed by atoms with Crippen molar-refractivity contribution in [1.82, 2.24) is 5.32 Å². The van der Waals surface area contributed by atoms with E-state index >= 15 is 0 Å². The number of ether oxygens (including phenoxy) is 1. The standard InChI is InChI=1S/C11H13IN2O3/c12-8-2-1-3-9(6-8)17-7-11(16)14-5-4-10(13)15/h1-3,6H,4-5,7H2,(H2,13,15)(H,14,16). The van der Waals surface area contributed by atoms with Gasteiger partial charge in [-0.2, -0.15) is 0 Å². The minimum atomic E-state index is -0.441. The lowest BCUT2D eigenvalue weighted by Gasteiger charge is -2.06. The van der Waals surface area contributed by atoms with Gasteiger partial charge in [0.1, 0.15) is 5.75 Å². The molecule has 0 unspecified atom stereocenters. The summed E-state index contributed by atoms with van der Waals surface area (Å²) in [5, 5.41) is 2.53. The van der Waals surface area contributed by atoms with Gasteiger partial charge in [-0.25, -0.2) is 0 Å². The number of hydrogen-bond acceptors (Lipinski definition) is 3. The van der Waals surface area contributed by atoms with Crippen LogP contribution in [0.4, 0.5) is 0 Å². The molecule has 1 rings (SSSR count). The fraction of sp³-hybridized carbons (Fsp3) is 0.273. The second-order valence-corrected chi connectivity index (χ2v) is 4.56. The third-order valence-corrected chi connectivity index (χ3v) is 2.53. The molecule has 0 aromatic heterocycles. The second kappa shape index (κ2) is 7.10. The molecule has 0 heterocycles. The molecule has 0 aliphatic rings. The minimum absolute atomic E-state index is 0.0706. The lowest BCUT2D eigenvalue weighted by atomic mass is 10.3. The highest BCUT2D eigenvalue weighted by Gasteiger charge is 2.03. The van der Waals surface area contributed by atoms with E-state index in [0.717, 1.165) is 3.57 Å². The number of rotatable bonds is 6. The molecule has 1 aromatic rings. The van der Waals surface area contributed by atoms with E-state index in [9.17, 15) is 9.59 Å². The van der Waals surface area contributed by atoms with Gasteiger partial charge in [0.05, 0.1) is 0 Å². The first-order chi connectivity index (χ1) is 8.08. The Bertz CT molecular complexity index is 409. The summed E-state index contributed by atoms with van der Waals surface area (Å²) in [7, 11) is 0. The van der Waals surface area contributed by atoms with Crippen molar-refractivity contribution in [3.63, 3.8) is 0 Å². The van der Waals surface area contributed by atoms with Gasteiger partial charge in [0.15, 0.2) is 6.61 Å². The van der Waals surface area contributed by atoms with Crippen LogP contribution in [0.1, 0.15) is 6.42 Å². The topological polar surface area (TPSA) is 81.4 Å². The fourth-order valence-electron chi connectivity index (χ4n) is 1.08. The number of amides is 2. The molecule has 0 fully saturated rings. The predicted octanol–water partition coefficient (Wildman–Crippen LogP) is 0.662. The van der Waals surface area contributed by atoms with Crippen LogP contribution in [0, 0.1) is 3.57 Å². The van der Waals surface area contributed by atoms with Crippen LogP contribution < -0.4 is 15.8 Å². The summed E-state index contributed by atoms with van der Waals surface area (Å²) < 4.78 is 6.31. The average molecular weight is 348 g/mol. The predicted molar refractivity (Wildman–Crippen MR) is 71.5 cm³/mol. The second-order valence-electron chi connectivity index (χ2n) is 3.31. The molecular formula is C11H13IN2O3. The molecule has 1 aromatic carbocycles. The van der Waals surface area contributed by atoms with Crippen molar-refractivity contribution in [3.8, 4) is 5.75 Å². The van der Waals surface area contributed by atoms with Gasteiger partial charge in [0.25, 0.3) is 5.91 Å². The number of carbonyl (C=O) groups excluding carboxylic acids is 2. The molecule has 5 nitrogen and oxygen atoms in total. The first-order valence-electron chi connectivity index (χ1n) is 5.01. The maximum absolute atomic E-state index is 11.3. The highest BCUT2D eigenvalue weighted by molar-refractivity contribution is 14.1. The first-order valence-corrected chi connectivity index (χ1v) is 6.09. The van der Waals surface area contributed by atoms with E-state index in [2.05, 4.69) is 27.9 Å². The molecule has 0 atom stereocenters. The fourth-order valence-corrected chi connectivity index (χ4v) is 1.60. The van der Waals surface area contributed by atoms with E-state index in [1.54, 1.807) is 6.07 Å². The van der Waals surface area contributed by atoms with Crippen molar-refractivity contribution < 1.29 is 14.3 Å². The Morgan fingerprint density at radius 1 is 1.41 bits per heavy atom. The molecule has 2 amide bonds. The van der Waals surface area contributed by atoms with E-state index < -0.39 is 5.91 Å². The molecular weight excluding hydrogens is 335 g/mol. The zero-order valence-electron chi connectivity index (χ0n) is 9.11. The number of hydrogen-bond donors (Lipinski definition) is 2. The van der Waals surface area contributed by atoms with Gasteiger partial charge in [0, 0.05) is 16.5 Å². The summed E-state index contributed by atoms with van der Waals surface area (Å²) in [4.78, 5) is 21.7. The van der Waals surface area contributed by atoms with Crippen molar-refractivity contribution in [2.75, 3.05) is 13.2 Å². The van der Waals surface area contributed by atoms with E-state index in [1.807, 2.05) is 18.2 Å². The smallest absolute Gasteiger partial charge is 0.257 e. The lowest BCUT2D eigenvalue weighted by Crippen LogP contribution is -2.31. The van der Waals surface area contributed by atoms with Gasteiger partial charge >= 0.3 is 0 Å². The van der Waals surface area contributed by atoms with Gasteiger partial charge in [-0.05, 0) is 40.8 Å². The van der Waals surface area contributed by atoms with Crippen molar-refractivity contribution in [2.45, 2.75) is 6.42 Å². The van der Waals surface area contributed by atoms with Crippen molar-refractivity contribution >= 4 is 34.4 Å². The Morgan fingerprint density at radius 2 is 2.18 bits per heavy atom. The number of nitrogens with two attached hydrogens (primary N) is 1. The van der Waals surface area contributed by atoms with E-state index in [0.29, 0.717) is 5.75 Å². The third-order valence-electron chi connectivity index (χ3n) is 1.86. The minimum Gasteiger partial charge on any atom is -0.484 e. The number of carbonyl (C=O) groups is 2. The van der Waals surface area contributed by atoms with Gasteiger partial charge in [-0.15, -0.1) is 0 Å². The zero-order chi connectivity index (χ0) is 12.7. The molecule has 0 saturated heterocycles. The number of benzene rings is 1. The van der Waals surface area contributed by atoms with E-state index in [-0.39, 0.29) is 25.5 Å². The first kappa shape index (κ1) is 13.8. The summed E-state index contributed by atoms with van der Waals surface area (Å²) in [6, 6.07) is 7.39. The quantitative estimate of drug-likeness (QED) is 0.742. The van der Waals surface area contributed by atoms with Gasteiger partial charge in [-0.1, -0.05) is 6.07 Å². The van der Waals surface area contributed by atoms with Crippen LogP contribution in [0.3, 0.4) is 0 Å². The highest BCUT2D eigenvalue weighted by Crippen LogP contribution is 2.14. The van der Waals surface area contributed by atoms with Crippen molar-refractivity contribution in [3.05, 3.63) is 27.8 Å². The van der Waals surface area contributed by atoms with E-state index in [4.69, 9.17) is 10.5 Å². The van der Waals surface area contributed by atoms with E-state index in [1.165, 1.54) is 0 Å². The molecule has 3 N–H and O–H groups in total. The molecule has 92 valence electrons. The lowest BCUT2D eigenvalue weighted by molar-refractivity contribution is -0.123. The van der Waals surface area contributed by atoms with Gasteiger partial charge in [0.2, 0.25) is 5.91 Å². The summed E-state index contributed by atoms with van der Waals surface area (Å²) in [5.41, 5.74) is 4.94. The number of primary amides is 1. The summed E-state index contributed by atoms with van der Waals surface area (Å²) >= 11 is 2.16. The Labute approximate surface area is 113 Å². The summed E-state index contributed by atoms with van der Waals surface area (Å²) in [6.45, 7) is 0.169. The molecule has 0 saturated carbocycles. The third kappa shape index (κ3) is 6.10. The maximum atomic E-state index is 11.3. The van der Waals surface area contributed by atoms with Crippen LogP contribution in [0.25, 0.3) is 0 Å². The molecule has 0 radical (unpaired) electrons. The van der Waals surface area contributed by atoms with Crippen LogP contribution in [-0.4, -0.2) is 25.0 Å². The molecule has 0 aliphatic heterocycles. The maximum Gasteiger partial charge on any atom is 0.257 e. The SMILES string of the molecule is NC(=O)CCNC(=O)COc1cccc(I)c1. The van der Waals surface area contributed by atoms with Crippen molar-refractivity contribution in [2.24, 2.45) is 5.73 Å². The number of nitrogens with one attached hydrogen (secondary N) is 1. The normalized spacial score (nSPS) is 9.71. The van der Waals surface area contributed by atoms with Crippen LogP contribution in [0.2, 0.25) is 0 Å². The molecule has 6 heteroatoms. The Kier molecular flexibility index (Phi) is 5.75. The molecule has 0 bridgehead atoms. The Hall–Kier alpha value is -1.31. The van der Waals surface area contributed by atoms with Gasteiger partial charge < -0.3 is 15.8 Å². The van der Waals surface area contributed by atoms with Crippen LogP contribution >= 0.6 is 22.6 Å². The summed E-state index contributed by atoms with van der Waals surface area (Å²) in [5.74, 6) is -0.0732. The molecule has 0 aliphatic carbocycles. The van der Waals surface area contributed by atoms with Crippen LogP contribution in [-0.2, 0) is 9.59 Å². The molecule has 17 heavy (non-hydrogen) atoms. The zero-order valence-corrected chi connectivity index (χ0v) is 11.3. The summed E-state index contributed by atoms with van der Waals surface area (Å²) in [6.07, 6.45) is 0.134. The average Bonchev–Trinajstić information content (AvgIpc) is 2.26. The Morgan fingerprint density at radius 3 is 2.82 bits per heavy atom. The van der Waals surface area contributed by atoms with Crippen LogP contribution in [0.5, 0.6) is 5.75 Å². The monoisotopic (exact) mass is 348 g/mol. The highest BCUT2D eigenvalue weighted by atomic mass is 127. The Balaban J connectivity index is 2.26. The van der Waals surface area contributed by atoms with Crippen molar-refractivity contribution in [1.29, 1.82) is 0 Å². The number of halogens is 1. The van der Waals surface area contributed by atoms with Gasteiger partial charge in [-0.3, -0.25) is 9.59 Å². The van der Waals surface area contributed by atoms with Crippen LogP contribution in [0.15, 0.2) is 24.3 Å². The molecule has 0 spiro atoms.